The Kier molecular flexibility index (Phi) is 4.14. The molecule has 3 aromatic heterocycles. The summed E-state index contributed by atoms with van der Waals surface area (Å²) in [4.78, 5) is 2.00. The van der Waals surface area contributed by atoms with Gasteiger partial charge < -0.3 is 18.9 Å². The summed E-state index contributed by atoms with van der Waals surface area (Å²) in [7, 11) is 0. The Bertz CT molecular complexity index is 5960. The fraction of sp³-hybridized carbons (Fsp3) is 0.127. The van der Waals surface area contributed by atoms with Gasteiger partial charge in [-0.05, 0) is 123 Å². The second-order valence-electron chi connectivity index (χ2n) is 19.4. The Labute approximate surface area is 450 Å². The van der Waals surface area contributed by atoms with Crippen LogP contribution in [0.5, 0.6) is 0 Å². The van der Waals surface area contributed by atoms with Gasteiger partial charge in [0.1, 0.15) is 0 Å². The second-order valence-corrected chi connectivity index (χ2v) is 20.5. The molecule has 0 fully saturated rings. The third-order valence-electron chi connectivity index (χ3n) is 13.3. The molecule has 9 aromatic carbocycles. The van der Waals surface area contributed by atoms with Crippen LogP contribution in [0.25, 0.3) is 75.2 Å². The lowest BCUT2D eigenvalue weighted by atomic mass is 9.33. The molecule has 7 heteroatoms. The van der Waals surface area contributed by atoms with Crippen molar-refractivity contribution < 1.29 is 38.4 Å². The van der Waals surface area contributed by atoms with E-state index in [0.29, 0.717) is 11.3 Å². The van der Waals surface area contributed by atoms with E-state index in [1.54, 1.807) is 41.5 Å². The first kappa shape index (κ1) is 21.3. The van der Waals surface area contributed by atoms with Crippen molar-refractivity contribution in [2.75, 3.05) is 9.80 Å². The van der Waals surface area contributed by atoms with Crippen LogP contribution < -0.4 is 26.2 Å². The summed E-state index contributed by atoms with van der Waals surface area (Å²) in [6.45, 7) is 8.10. The monoisotopic (exact) mass is 944 g/mol. The number of thiophene rings is 1. The van der Waals surface area contributed by atoms with E-state index >= 15 is 0 Å². The molecule has 0 spiro atoms. The van der Waals surface area contributed by atoms with Gasteiger partial charge in [-0.15, -0.1) is 11.3 Å². The van der Waals surface area contributed by atoms with Crippen LogP contribution in [0, 0.1) is 11.3 Å². The van der Waals surface area contributed by atoms with Crippen LogP contribution in [0.1, 0.15) is 96.6 Å². The topological polar surface area (TPSA) is 40.1 Å². The van der Waals surface area contributed by atoms with Gasteiger partial charge in [0.15, 0.2) is 0 Å². The van der Waals surface area contributed by atoms with E-state index < -0.39 is 276 Å². The zero-order valence-corrected chi connectivity index (χ0v) is 38.5. The van der Waals surface area contributed by atoms with Gasteiger partial charge in [0.25, 0.3) is 6.71 Å². The van der Waals surface area contributed by atoms with Crippen LogP contribution in [0.2, 0.25) is 0 Å². The van der Waals surface area contributed by atoms with E-state index in [9.17, 15) is 38.2 Å². The Morgan fingerprint density at radius 1 is 0.486 bits per heavy atom. The summed E-state index contributed by atoms with van der Waals surface area (Å²) in [6, 6.07) is -19.7. The number of nitrogens with zero attached hydrogens (tertiary/aromatic N) is 5. The number of rotatable bonds is 2. The summed E-state index contributed by atoms with van der Waals surface area (Å²) >= 11 is 0.619. The van der Waals surface area contributed by atoms with Crippen LogP contribution in [0.4, 0.5) is 34.1 Å². The van der Waals surface area contributed by atoms with E-state index in [2.05, 4.69) is 0 Å². The SMILES string of the molecule is [2H]c1c([2H])c2c3c(c1[2H])-n1c4c([2H])c([2H])c([2H])c([2H])c4c4c([2H])c([2H])c([2H])c(c41)N3c1c([2H])c(C#N)c([2H])c3c1B2c1c([2H])c([2H])c(-n2c4c([2H])c([2H])c(C(C)(C)C)c([2H])c4c4c([2H])c(C(C)(C)C)c([2H])c([2H])c42)c([2H])c1N3c1c([2H])c([2H])c([2H])c2sc3c([2H])c([2H])c([2H])c([2H])c3c12. The van der Waals surface area contributed by atoms with E-state index in [0.717, 1.165) is 18.9 Å². The highest BCUT2D eigenvalue weighted by Crippen LogP contribution is 2.54. The van der Waals surface area contributed by atoms with Gasteiger partial charge in [-0.2, -0.15) is 5.26 Å². The predicted molar refractivity (Wildman–Crippen MR) is 298 cm³/mol. The Morgan fingerprint density at radius 3 is 1.84 bits per heavy atom. The third-order valence-corrected chi connectivity index (χ3v) is 14.4. The molecule has 0 saturated heterocycles. The first-order chi connectivity index (χ1) is 45.7. The molecule has 0 amide bonds. The Balaban J connectivity index is 1.25. The molecule has 332 valence electrons. The van der Waals surface area contributed by atoms with Crippen LogP contribution in [-0.2, 0) is 10.8 Å². The first-order valence-electron chi connectivity index (χ1n) is 36.2. The smallest absolute Gasteiger partial charge is 0.252 e. The van der Waals surface area contributed by atoms with Crippen molar-refractivity contribution in [3.63, 3.8) is 0 Å². The van der Waals surface area contributed by atoms with Crippen molar-refractivity contribution in [1.82, 2.24) is 9.13 Å². The molecule has 0 aliphatic carbocycles. The number of nitriles is 1. The number of anilines is 6. The van der Waals surface area contributed by atoms with Gasteiger partial charge in [0.2, 0.25) is 0 Å². The van der Waals surface area contributed by atoms with Gasteiger partial charge in [-0.25, -0.2) is 0 Å². The second kappa shape index (κ2) is 13.6. The molecule has 70 heavy (non-hydrogen) atoms. The lowest BCUT2D eigenvalue weighted by Gasteiger charge is -2.46. The van der Waals surface area contributed by atoms with Crippen LogP contribution in [-0.4, -0.2) is 15.8 Å². The fourth-order valence-corrected chi connectivity index (χ4v) is 11.2. The fourth-order valence-electron chi connectivity index (χ4n) is 10.2. The maximum atomic E-state index is 11.5. The number of para-hydroxylation sites is 3. The highest BCUT2D eigenvalue weighted by Gasteiger charge is 2.46. The zero-order valence-electron chi connectivity index (χ0n) is 65.7. The van der Waals surface area contributed by atoms with Crippen LogP contribution >= 0.6 is 11.3 Å². The number of benzene rings is 9. The van der Waals surface area contributed by atoms with E-state index in [1.807, 2.05) is 6.07 Å². The Hall–Kier alpha value is -8.05. The lowest BCUT2D eigenvalue weighted by Crippen LogP contribution is -2.61. The molecule has 0 N–H and O–H groups in total. The standard InChI is InChI=1S/C63H46BN5S/c1-62(2,3)37-24-28-48-43(32-37)44-33-38(63(4,5)6)25-29-49(44)66(48)39-26-27-45-53(34-39)67(50-19-13-23-57-58(50)42-15-8-10-22-56(42)70-57)54-30-36(35-65)31-55-59(54)64(45)46-17-12-21-52-61(46)69(55)51-20-11-16-41-40-14-7-9-18-47(40)68(52)60(41)51/h7-34H,1-6H3/i7D,8D,9D,10D,11D,12D,13D,14D,15D,16D,17D,18D,19D,20D,21D,22D,23D,24D,25D,26D,27D,28D,29D,30D,31D,32D,33D,34D. The molecular formula is C63H46BN5S. The van der Waals surface area contributed by atoms with Crippen molar-refractivity contribution in [2.24, 2.45) is 0 Å². The van der Waals surface area contributed by atoms with Gasteiger partial charge in [0.05, 0.1) is 94.8 Å². The van der Waals surface area contributed by atoms with Crippen molar-refractivity contribution in [3.05, 3.63) is 186 Å². The molecule has 3 aliphatic rings. The van der Waals surface area contributed by atoms with Crippen molar-refractivity contribution >= 4 is 132 Å². The normalized spacial score (nSPS) is 19.4. The number of hydrogen-bond acceptors (Lipinski definition) is 4. The van der Waals surface area contributed by atoms with Crippen molar-refractivity contribution in [3.8, 4) is 17.4 Å². The quantitative estimate of drug-likeness (QED) is 0.162. The van der Waals surface area contributed by atoms with Gasteiger partial charge in [0, 0.05) is 64.5 Å². The molecule has 12 aromatic rings. The highest BCUT2D eigenvalue weighted by molar-refractivity contribution is 7.26. The summed E-state index contributed by atoms with van der Waals surface area (Å²) < 4.78 is 275. The maximum Gasteiger partial charge on any atom is 0.252 e. The number of fused-ring (bicyclic) bond motifs is 15. The van der Waals surface area contributed by atoms with Crippen LogP contribution in [0.3, 0.4) is 0 Å². The van der Waals surface area contributed by atoms with Crippen molar-refractivity contribution in [1.29, 1.82) is 5.26 Å². The number of hydrogen-bond donors (Lipinski definition) is 0. The average Bonchev–Trinajstić information content (AvgIpc) is 1.14. The van der Waals surface area contributed by atoms with Crippen molar-refractivity contribution in [2.45, 2.75) is 52.4 Å². The molecule has 3 aliphatic heterocycles. The van der Waals surface area contributed by atoms with E-state index in [1.165, 1.54) is 0 Å². The van der Waals surface area contributed by atoms with Crippen LogP contribution in [0.15, 0.2) is 169 Å². The molecule has 0 bridgehead atoms. The van der Waals surface area contributed by atoms with Gasteiger partial charge in [-0.1, -0.05) is 126 Å². The summed E-state index contributed by atoms with van der Waals surface area (Å²) in [6.07, 6.45) is 0. The molecule has 0 atom stereocenters. The summed E-state index contributed by atoms with van der Waals surface area (Å²) in [5, 5.41) is 9.55. The molecule has 0 unspecified atom stereocenters. The molecule has 6 heterocycles. The largest absolute Gasteiger partial charge is 0.311 e. The predicted octanol–water partition coefficient (Wildman–Crippen LogP) is 15.1. The highest BCUT2D eigenvalue weighted by atomic mass is 32.1. The maximum absolute atomic E-state index is 11.5. The zero-order chi connectivity index (χ0) is 71.5. The van der Waals surface area contributed by atoms with Gasteiger partial charge >= 0.3 is 0 Å². The number of aromatic nitrogens is 2. The Morgan fingerprint density at radius 2 is 1.10 bits per heavy atom. The van der Waals surface area contributed by atoms with E-state index in [-0.39, 0.29) is 53.0 Å². The molecule has 0 saturated carbocycles. The average molecular weight is 944 g/mol. The lowest BCUT2D eigenvalue weighted by molar-refractivity contribution is 0.590. The molecule has 0 radical (unpaired) electrons. The minimum Gasteiger partial charge on any atom is -0.311 e. The summed E-state index contributed by atoms with van der Waals surface area (Å²) in [5.41, 5.74) is -11.0. The minimum absolute atomic E-state index is 0.0123. The molecular weight excluding hydrogens is 870 g/mol. The minimum atomic E-state index is -2.04. The third kappa shape index (κ3) is 5.16. The van der Waals surface area contributed by atoms with Gasteiger partial charge in [-0.3, -0.25) is 0 Å². The molecule has 15 rings (SSSR count). The summed E-state index contributed by atoms with van der Waals surface area (Å²) in [5.74, 6) is 0. The molecule has 5 nitrogen and oxygen atoms in total. The first-order valence-corrected chi connectivity index (χ1v) is 23.0. The van der Waals surface area contributed by atoms with E-state index in [4.69, 9.17) is 5.48 Å².